The van der Waals surface area contributed by atoms with Crippen LogP contribution in [0, 0.1) is 11.8 Å². The molecule has 2 unspecified atom stereocenters. The summed E-state index contributed by atoms with van der Waals surface area (Å²) in [7, 11) is 0. The average Bonchev–Trinajstić information content (AvgIpc) is 2.86. The van der Waals surface area contributed by atoms with Crippen LogP contribution in [0.2, 0.25) is 0 Å². The van der Waals surface area contributed by atoms with Gasteiger partial charge in [0.1, 0.15) is 5.41 Å². The average molecular weight is 470 g/mol. The lowest BCUT2D eigenvalue weighted by Gasteiger charge is -2.53. The fraction of sp³-hybridized carbons (Fsp3) is 0.759. The molecule has 5 heteroatoms. The highest BCUT2D eigenvalue weighted by molar-refractivity contribution is 5.84. The van der Waals surface area contributed by atoms with Crippen molar-refractivity contribution in [1.29, 1.82) is 0 Å². The first-order valence-corrected chi connectivity index (χ1v) is 14.1. The summed E-state index contributed by atoms with van der Waals surface area (Å²) in [5.41, 5.74) is 0.588. The van der Waals surface area contributed by atoms with Crippen molar-refractivity contribution in [2.75, 3.05) is 65.5 Å². The third kappa shape index (κ3) is 5.68. The normalized spacial score (nSPS) is 29.7. The third-order valence-electron chi connectivity index (χ3n) is 8.50. The topological polar surface area (TPSA) is 36.0 Å². The van der Waals surface area contributed by atoms with Gasteiger partial charge in [-0.2, -0.15) is 0 Å². The molecule has 0 bridgehead atoms. The Morgan fingerprint density at radius 1 is 0.824 bits per heavy atom. The second kappa shape index (κ2) is 12.5. The molecular formula is C29H47N3O2. The van der Waals surface area contributed by atoms with Crippen molar-refractivity contribution in [2.45, 2.75) is 64.2 Å². The van der Waals surface area contributed by atoms with E-state index < -0.39 is 5.41 Å². The second-order valence-corrected chi connectivity index (χ2v) is 10.8. The van der Waals surface area contributed by atoms with E-state index in [0.29, 0.717) is 6.61 Å². The largest absolute Gasteiger partial charge is 0.465 e. The van der Waals surface area contributed by atoms with E-state index in [1.165, 1.54) is 44.1 Å². The van der Waals surface area contributed by atoms with E-state index in [1.807, 2.05) is 6.92 Å². The van der Waals surface area contributed by atoms with Gasteiger partial charge in [-0.25, -0.2) is 0 Å². The van der Waals surface area contributed by atoms with Gasteiger partial charge < -0.3 is 19.4 Å². The van der Waals surface area contributed by atoms with Crippen LogP contribution >= 0.6 is 0 Å². The summed E-state index contributed by atoms with van der Waals surface area (Å²) in [6.07, 6.45) is 8.94. The molecular weight excluding hydrogens is 422 g/mol. The molecule has 3 aliphatic rings. The predicted molar refractivity (Wildman–Crippen MR) is 139 cm³/mol. The quantitative estimate of drug-likeness (QED) is 0.501. The lowest BCUT2D eigenvalue weighted by Crippen LogP contribution is -2.65. The number of hydrogen-bond acceptors (Lipinski definition) is 5. The lowest BCUT2D eigenvalue weighted by molar-refractivity contribution is -0.161. The van der Waals surface area contributed by atoms with E-state index in [4.69, 9.17) is 4.74 Å². The summed E-state index contributed by atoms with van der Waals surface area (Å²) < 4.78 is 5.98. The Hall–Kier alpha value is -1.43. The summed E-state index contributed by atoms with van der Waals surface area (Å²) in [5.74, 6) is 0.491. The summed E-state index contributed by atoms with van der Waals surface area (Å²) in [5, 5.41) is 0. The maximum Gasteiger partial charge on any atom is 0.317 e. The Balaban J connectivity index is 1.76. The maximum atomic E-state index is 14.2. The number of benzene rings is 1. The van der Waals surface area contributed by atoms with Crippen LogP contribution in [0.25, 0.3) is 0 Å². The molecule has 1 aromatic rings. The number of nitrogens with zero attached hydrogens (tertiary/aromatic N) is 3. The van der Waals surface area contributed by atoms with Crippen LogP contribution in [-0.4, -0.2) is 86.2 Å². The Kier molecular flexibility index (Phi) is 9.44. The Bertz CT molecular complexity index is 713. The molecule has 3 heterocycles. The van der Waals surface area contributed by atoms with Gasteiger partial charge in [-0.1, -0.05) is 50.1 Å². The molecule has 0 N–H and O–H groups in total. The standard InChI is InChI=1S/C29H47N3O2/c1-3-16-32-23-26(21-30-17-10-6-11-18-30)29(28(33)34-4-2,25-14-8-5-9-15-25)27(24-32)22-31-19-12-7-13-20-31/h5,8-9,14-15,26-27H,3-4,6-7,10-13,16-24H2,1-2H3. The fourth-order valence-corrected chi connectivity index (χ4v) is 7.02. The highest BCUT2D eigenvalue weighted by Crippen LogP contribution is 2.46. The molecule has 1 aromatic carbocycles. The predicted octanol–water partition coefficient (Wildman–Crippen LogP) is 4.42. The van der Waals surface area contributed by atoms with Crippen molar-refractivity contribution in [3.05, 3.63) is 35.9 Å². The number of rotatable bonds is 9. The fourth-order valence-electron chi connectivity index (χ4n) is 7.02. The zero-order valence-electron chi connectivity index (χ0n) is 21.7. The van der Waals surface area contributed by atoms with Gasteiger partial charge in [0.05, 0.1) is 6.61 Å². The van der Waals surface area contributed by atoms with Gasteiger partial charge in [0.25, 0.3) is 0 Å². The van der Waals surface area contributed by atoms with Crippen molar-refractivity contribution >= 4 is 5.97 Å². The van der Waals surface area contributed by atoms with Gasteiger partial charge in [0.15, 0.2) is 0 Å². The van der Waals surface area contributed by atoms with E-state index in [1.54, 1.807) is 0 Å². The van der Waals surface area contributed by atoms with E-state index in [2.05, 4.69) is 52.0 Å². The number of carbonyl (C=O) groups is 1. The molecule has 190 valence electrons. The van der Waals surface area contributed by atoms with Crippen molar-refractivity contribution in [3.63, 3.8) is 0 Å². The van der Waals surface area contributed by atoms with Crippen molar-refractivity contribution < 1.29 is 9.53 Å². The SMILES string of the molecule is CCCN1CC(CN2CCCCC2)C(C(=O)OCC)(c2ccccc2)C(CN2CCCCC2)C1. The van der Waals surface area contributed by atoms with Crippen LogP contribution in [0.1, 0.15) is 64.4 Å². The molecule has 0 aliphatic carbocycles. The number of carbonyl (C=O) groups excluding carboxylic acids is 1. The van der Waals surface area contributed by atoms with Crippen LogP contribution in [0.4, 0.5) is 0 Å². The number of piperidine rings is 3. The molecule has 34 heavy (non-hydrogen) atoms. The van der Waals surface area contributed by atoms with Crippen LogP contribution in [0.15, 0.2) is 30.3 Å². The number of hydrogen-bond donors (Lipinski definition) is 0. The van der Waals surface area contributed by atoms with Gasteiger partial charge >= 0.3 is 5.97 Å². The van der Waals surface area contributed by atoms with Gasteiger partial charge in [-0.3, -0.25) is 4.79 Å². The molecule has 4 rings (SSSR count). The summed E-state index contributed by atoms with van der Waals surface area (Å²) in [4.78, 5) is 22.1. The molecule has 3 saturated heterocycles. The zero-order chi connectivity index (χ0) is 23.8. The highest BCUT2D eigenvalue weighted by atomic mass is 16.5. The second-order valence-electron chi connectivity index (χ2n) is 10.8. The molecule has 0 amide bonds. The molecule has 0 saturated carbocycles. The molecule has 5 nitrogen and oxygen atoms in total. The van der Waals surface area contributed by atoms with Crippen molar-refractivity contribution in [1.82, 2.24) is 14.7 Å². The summed E-state index contributed by atoms with van der Waals surface area (Å²) in [6, 6.07) is 10.7. The molecule has 3 fully saturated rings. The first-order valence-electron chi connectivity index (χ1n) is 14.1. The van der Waals surface area contributed by atoms with Gasteiger partial charge in [-0.05, 0) is 77.3 Å². The van der Waals surface area contributed by atoms with Crippen LogP contribution in [-0.2, 0) is 14.9 Å². The van der Waals surface area contributed by atoms with E-state index >= 15 is 0 Å². The first kappa shape index (κ1) is 25.7. The molecule has 2 atom stereocenters. The van der Waals surface area contributed by atoms with Crippen LogP contribution < -0.4 is 0 Å². The highest BCUT2D eigenvalue weighted by Gasteiger charge is 2.57. The van der Waals surface area contributed by atoms with E-state index in [9.17, 15) is 4.79 Å². The number of esters is 1. The minimum absolute atomic E-state index is 0.0152. The first-order chi connectivity index (χ1) is 16.7. The number of ether oxygens (including phenoxy) is 1. The lowest BCUT2D eigenvalue weighted by atomic mass is 9.59. The smallest absolute Gasteiger partial charge is 0.317 e. The minimum atomic E-state index is -0.587. The summed E-state index contributed by atoms with van der Waals surface area (Å²) in [6.45, 7) is 14.4. The third-order valence-corrected chi connectivity index (χ3v) is 8.50. The monoisotopic (exact) mass is 469 g/mol. The summed E-state index contributed by atoms with van der Waals surface area (Å²) >= 11 is 0. The van der Waals surface area contributed by atoms with Gasteiger partial charge in [-0.15, -0.1) is 0 Å². The Morgan fingerprint density at radius 2 is 1.35 bits per heavy atom. The Morgan fingerprint density at radius 3 is 1.82 bits per heavy atom. The number of likely N-dealkylation sites (tertiary alicyclic amines) is 3. The minimum Gasteiger partial charge on any atom is -0.465 e. The van der Waals surface area contributed by atoms with Crippen LogP contribution in [0.5, 0.6) is 0 Å². The maximum absolute atomic E-state index is 14.2. The Labute approximate surface area is 207 Å². The van der Waals surface area contributed by atoms with Crippen molar-refractivity contribution in [3.8, 4) is 0 Å². The zero-order valence-corrected chi connectivity index (χ0v) is 21.7. The van der Waals surface area contributed by atoms with Gasteiger partial charge in [0, 0.05) is 38.0 Å². The molecule has 0 radical (unpaired) electrons. The molecule has 0 aromatic heterocycles. The van der Waals surface area contributed by atoms with E-state index in [0.717, 1.165) is 65.3 Å². The molecule has 0 spiro atoms. The van der Waals surface area contributed by atoms with Crippen LogP contribution in [0.3, 0.4) is 0 Å². The molecule has 3 aliphatic heterocycles. The van der Waals surface area contributed by atoms with Crippen molar-refractivity contribution in [2.24, 2.45) is 11.8 Å². The van der Waals surface area contributed by atoms with E-state index in [-0.39, 0.29) is 17.8 Å². The van der Waals surface area contributed by atoms with Gasteiger partial charge in [0.2, 0.25) is 0 Å².